The van der Waals surface area contributed by atoms with Crippen molar-refractivity contribution in [3.05, 3.63) is 0 Å². The first-order valence-electron chi connectivity index (χ1n) is 4.88. The van der Waals surface area contributed by atoms with Crippen LogP contribution in [0, 0.1) is 0 Å². The molecule has 4 N–H and O–H groups in total. The van der Waals surface area contributed by atoms with Gasteiger partial charge in [-0.1, -0.05) is 0 Å². The summed E-state index contributed by atoms with van der Waals surface area (Å²) in [5.74, 6) is -0.636. The second-order valence-electron chi connectivity index (χ2n) is 3.86. The van der Waals surface area contributed by atoms with Crippen LogP contribution in [-0.4, -0.2) is 30.8 Å². The van der Waals surface area contributed by atoms with Crippen molar-refractivity contribution in [2.24, 2.45) is 11.5 Å². The van der Waals surface area contributed by atoms with Gasteiger partial charge >= 0.3 is 6.18 Å². The lowest BCUT2D eigenvalue weighted by Crippen LogP contribution is -2.49. The van der Waals surface area contributed by atoms with Crippen molar-refractivity contribution in [1.82, 2.24) is 0 Å². The van der Waals surface area contributed by atoms with E-state index in [1.165, 1.54) is 6.92 Å². The van der Waals surface area contributed by atoms with E-state index in [0.29, 0.717) is 6.42 Å². The maximum atomic E-state index is 11.7. The molecule has 0 saturated carbocycles. The lowest BCUT2D eigenvalue weighted by atomic mass is 9.97. The van der Waals surface area contributed by atoms with Crippen LogP contribution in [0.3, 0.4) is 0 Å². The Balaban J connectivity index is 3.52. The Kier molecular flexibility index (Phi) is 5.74. The van der Waals surface area contributed by atoms with Gasteiger partial charge in [0.15, 0.2) is 0 Å². The van der Waals surface area contributed by atoms with E-state index >= 15 is 0 Å². The molecule has 1 atom stereocenters. The maximum Gasteiger partial charge on any atom is 0.391 e. The van der Waals surface area contributed by atoms with Crippen LogP contribution in [0.2, 0.25) is 0 Å². The van der Waals surface area contributed by atoms with Crippen molar-refractivity contribution in [2.75, 3.05) is 13.2 Å². The minimum absolute atomic E-state index is 0.135. The molecule has 1 amide bonds. The molecular weight excluding hydrogens is 225 g/mol. The molecule has 0 bridgehead atoms. The van der Waals surface area contributed by atoms with Crippen LogP contribution in [0.25, 0.3) is 0 Å². The van der Waals surface area contributed by atoms with Gasteiger partial charge in [0.05, 0.1) is 18.6 Å². The van der Waals surface area contributed by atoms with Crippen molar-refractivity contribution >= 4 is 5.91 Å². The molecule has 16 heavy (non-hydrogen) atoms. The molecule has 0 aromatic carbocycles. The first-order valence-corrected chi connectivity index (χ1v) is 4.88. The summed E-state index contributed by atoms with van der Waals surface area (Å²) in [7, 11) is 0. The topological polar surface area (TPSA) is 78.3 Å². The standard InChI is InChI=1S/C9H17F3N2O2/c1-8(14,7(13)15)3-2-5-16-6-4-9(10,11)12/h2-6,14H2,1H3,(H2,13,15). The van der Waals surface area contributed by atoms with Crippen molar-refractivity contribution in [3.8, 4) is 0 Å². The summed E-state index contributed by atoms with van der Waals surface area (Å²) >= 11 is 0. The number of carbonyl (C=O) groups is 1. The number of ether oxygens (including phenoxy) is 1. The molecule has 0 aliphatic rings. The van der Waals surface area contributed by atoms with Crippen molar-refractivity contribution in [2.45, 2.75) is 37.9 Å². The quantitative estimate of drug-likeness (QED) is 0.652. The predicted octanol–water partition coefficient (Wildman–Crippen LogP) is 0.938. The van der Waals surface area contributed by atoms with Gasteiger partial charge in [0.2, 0.25) is 5.91 Å². The minimum Gasteiger partial charge on any atom is -0.381 e. The summed E-state index contributed by atoms with van der Waals surface area (Å²) in [6.07, 6.45) is -4.49. The number of halogens is 3. The van der Waals surface area contributed by atoms with Gasteiger partial charge in [-0.3, -0.25) is 4.79 Å². The van der Waals surface area contributed by atoms with E-state index in [-0.39, 0.29) is 19.6 Å². The summed E-state index contributed by atoms with van der Waals surface area (Å²) in [5.41, 5.74) is 9.42. The Morgan fingerprint density at radius 2 is 1.81 bits per heavy atom. The molecule has 0 spiro atoms. The normalized spacial score (nSPS) is 15.8. The molecule has 0 aromatic rings. The van der Waals surface area contributed by atoms with Crippen molar-refractivity contribution in [1.29, 1.82) is 0 Å². The van der Waals surface area contributed by atoms with Gasteiger partial charge < -0.3 is 16.2 Å². The number of carbonyl (C=O) groups excluding carboxylic acids is 1. The van der Waals surface area contributed by atoms with Gasteiger partial charge in [0, 0.05) is 6.61 Å². The highest BCUT2D eigenvalue weighted by Crippen LogP contribution is 2.19. The fourth-order valence-electron chi connectivity index (χ4n) is 0.955. The second kappa shape index (κ2) is 6.05. The Hall–Kier alpha value is -0.820. The van der Waals surface area contributed by atoms with Gasteiger partial charge in [-0.15, -0.1) is 0 Å². The van der Waals surface area contributed by atoms with Crippen LogP contribution in [0.5, 0.6) is 0 Å². The molecule has 1 unspecified atom stereocenters. The number of rotatable bonds is 7. The average Bonchev–Trinajstić information content (AvgIpc) is 2.09. The van der Waals surface area contributed by atoms with E-state index in [2.05, 4.69) is 0 Å². The number of hydrogen-bond donors (Lipinski definition) is 2. The smallest absolute Gasteiger partial charge is 0.381 e. The summed E-state index contributed by atoms with van der Waals surface area (Å²) in [4.78, 5) is 10.8. The highest BCUT2D eigenvalue weighted by molar-refractivity contribution is 5.83. The summed E-state index contributed by atoms with van der Waals surface area (Å²) in [6.45, 7) is 1.24. The zero-order valence-corrected chi connectivity index (χ0v) is 9.14. The van der Waals surface area contributed by atoms with E-state index in [4.69, 9.17) is 16.2 Å². The number of hydrogen-bond acceptors (Lipinski definition) is 3. The summed E-state index contributed by atoms with van der Waals surface area (Å²) < 4.78 is 39.9. The minimum atomic E-state index is -4.20. The van der Waals surface area contributed by atoms with E-state index in [0.717, 1.165) is 0 Å². The molecule has 0 aliphatic carbocycles. The van der Waals surface area contributed by atoms with Gasteiger partial charge in [-0.05, 0) is 19.8 Å². The molecule has 0 radical (unpaired) electrons. The summed E-state index contributed by atoms with van der Waals surface area (Å²) in [5, 5.41) is 0. The van der Waals surface area contributed by atoms with Crippen LogP contribution < -0.4 is 11.5 Å². The fraction of sp³-hybridized carbons (Fsp3) is 0.889. The van der Waals surface area contributed by atoms with Gasteiger partial charge in [0.1, 0.15) is 0 Å². The average molecular weight is 242 g/mol. The van der Waals surface area contributed by atoms with Crippen molar-refractivity contribution < 1.29 is 22.7 Å². The number of amides is 1. The third kappa shape index (κ3) is 7.47. The zero-order chi connectivity index (χ0) is 12.8. The first-order chi connectivity index (χ1) is 7.15. The fourth-order valence-corrected chi connectivity index (χ4v) is 0.955. The van der Waals surface area contributed by atoms with Crippen LogP contribution in [0.4, 0.5) is 13.2 Å². The molecular formula is C9H17F3N2O2. The van der Waals surface area contributed by atoms with Crippen LogP contribution >= 0.6 is 0 Å². The summed E-state index contributed by atoms with van der Waals surface area (Å²) in [6, 6.07) is 0. The molecule has 0 aromatic heterocycles. The molecule has 7 heteroatoms. The number of primary amides is 1. The number of nitrogens with two attached hydrogens (primary N) is 2. The molecule has 0 heterocycles. The Morgan fingerprint density at radius 3 is 2.25 bits per heavy atom. The van der Waals surface area contributed by atoms with Gasteiger partial charge in [0.25, 0.3) is 0 Å². The van der Waals surface area contributed by atoms with E-state index in [1.54, 1.807) is 0 Å². The van der Waals surface area contributed by atoms with Crippen LogP contribution in [-0.2, 0) is 9.53 Å². The Labute approximate surface area is 92.1 Å². The molecule has 0 rings (SSSR count). The third-order valence-corrected chi connectivity index (χ3v) is 2.08. The van der Waals surface area contributed by atoms with Gasteiger partial charge in [-0.25, -0.2) is 0 Å². The molecule has 0 aliphatic heterocycles. The SMILES string of the molecule is CC(N)(CCCOCCC(F)(F)F)C(N)=O. The molecule has 96 valence electrons. The molecule has 0 saturated heterocycles. The van der Waals surface area contributed by atoms with Crippen LogP contribution in [0.15, 0.2) is 0 Å². The second-order valence-corrected chi connectivity index (χ2v) is 3.86. The molecule has 0 fully saturated rings. The largest absolute Gasteiger partial charge is 0.391 e. The predicted molar refractivity (Wildman–Crippen MR) is 52.5 cm³/mol. The number of alkyl halides is 3. The van der Waals surface area contributed by atoms with Gasteiger partial charge in [-0.2, -0.15) is 13.2 Å². The lowest BCUT2D eigenvalue weighted by Gasteiger charge is -2.19. The maximum absolute atomic E-state index is 11.7. The molecule has 4 nitrogen and oxygen atoms in total. The highest BCUT2D eigenvalue weighted by atomic mass is 19.4. The van der Waals surface area contributed by atoms with Crippen LogP contribution in [0.1, 0.15) is 26.2 Å². The Bertz CT molecular complexity index is 229. The lowest BCUT2D eigenvalue weighted by molar-refractivity contribution is -0.145. The van der Waals surface area contributed by atoms with E-state index in [1.807, 2.05) is 0 Å². The monoisotopic (exact) mass is 242 g/mol. The Morgan fingerprint density at radius 1 is 1.25 bits per heavy atom. The third-order valence-electron chi connectivity index (χ3n) is 2.08. The van der Waals surface area contributed by atoms with E-state index in [9.17, 15) is 18.0 Å². The zero-order valence-electron chi connectivity index (χ0n) is 9.14. The van der Waals surface area contributed by atoms with E-state index < -0.39 is 24.0 Å². The first kappa shape index (κ1) is 15.2. The van der Waals surface area contributed by atoms with Crippen molar-refractivity contribution in [3.63, 3.8) is 0 Å². The highest BCUT2D eigenvalue weighted by Gasteiger charge is 2.27.